The Bertz CT molecular complexity index is 109. The molecule has 0 unspecified atom stereocenters. The van der Waals surface area contributed by atoms with Gasteiger partial charge in [0.1, 0.15) is 0 Å². The molecule has 0 aromatic rings. The summed E-state index contributed by atoms with van der Waals surface area (Å²) in [4.78, 5) is 9.48. The molecule has 0 aliphatic heterocycles. The van der Waals surface area contributed by atoms with Crippen molar-refractivity contribution >= 4 is 5.97 Å². The summed E-state index contributed by atoms with van der Waals surface area (Å²) >= 11 is 0. The van der Waals surface area contributed by atoms with Gasteiger partial charge >= 0.3 is 5.97 Å². The number of carboxylic acid groups (broad SMARTS) is 1. The van der Waals surface area contributed by atoms with Crippen LogP contribution in [0.4, 0.5) is 8.78 Å². The highest BCUT2D eigenvalue weighted by atomic mass is 19.3. The molecule has 0 heterocycles. The summed E-state index contributed by atoms with van der Waals surface area (Å²) in [6, 6.07) is 0. The molecule has 0 rings (SSSR count). The summed E-state index contributed by atoms with van der Waals surface area (Å²) in [7, 11) is 0. The second kappa shape index (κ2) is 3.12. The van der Waals surface area contributed by atoms with Crippen molar-refractivity contribution in [2.24, 2.45) is 0 Å². The molecule has 0 fully saturated rings. The number of alkyl halides is 2. The monoisotopic (exact) mass is 122 g/mol. The zero-order valence-corrected chi connectivity index (χ0v) is 3.84. The molecule has 2 nitrogen and oxygen atoms in total. The van der Waals surface area contributed by atoms with Gasteiger partial charge in [-0.05, 0) is 6.08 Å². The van der Waals surface area contributed by atoms with Crippen molar-refractivity contribution in [1.29, 1.82) is 0 Å². The van der Waals surface area contributed by atoms with Gasteiger partial charge in [0, 0.05) is 6.08 Å². The Kier molecular flexibility index (Phi) is 2.76. The van der Waals surface area contributed by atoms with Crippen molar-refractivity contribution in [1.82, 2.24) is 0 Å². The summed E-state index contributed by atoms with van der Waals surface area (Å²) in [5.74, 6) is -1.36. The van der Waals surface area contributed by atoms with Gasteiger partial charge in [-0.1, -0.05) is 0 Å². The van der Waals surface area contributed by atoms with Crippen LogP contribution in [0, 0.1) is 0 Å². The second-order valence-corrected chi connectivity index (χ2v) is 1.03. The van der Waals surface area contributed by atoms with E-state index in [1.165, 1.54) is 0 Å². The first-order valence-electron chi connectivity index (χ1n) is 1.82. The maximum Gasteiger partial charge on any atom is 0.328 e. The molecule has 0 aliphatic rings. The third-order valence-electron chi connectivity index (χ3n) is 0.384. The van der Waals surface area contributed by atoms with E-state index in [1.807, 2.05) is 0 Å². The summed E-state index contributed by atoms with van der Waals surface area (Å²) < 4.78 is 22.1. The second-order valence-electron chi connectivity index (χ2n) is 1.03. The molecule has 0 aliphatic carbocycles. The molecule has 0 atom stereocenters. The molecule has 4 heteroatoms. The van der Waals surface area contributed by atoms with Crippen molar-refractivity contribution in [3.8, 4) is 0 Å². The predicted molar refractivity (Wildman–Crippen MR) is 22.8 cm³/mol. The lowest BCUT2D eigenvalue weighted by atomic mass is 10.5. The summed E-state index contributed by atoms with van der Waals surface area (Å²) in [5, 5.41) is 7.74. The largest absolute Gasteiger partial charge is 0.478 e. The van der Waals surface area contributed by atoms with Crippen LogP contribution in [0.2, 0.25) is 0 Å². The van der Waals surface area contributed by atoms with E-state index >= 15 is 0 Å². The Hall–Kier alpha value is -0.930. The Morgan fingerprint density at radius 2 is 2.12 bits per heavy atom. The van der Waals surface area contributed by atoms with E-state index in [0.717, 1.165) is 0 Å². The predicted octanol–water partition coefficient (Wildman–Crippen LogP) is 0.892. The van der Waals surface area contributed by atoms with Gasteiger partial charge in [0.25, 0.3) is 6.43 Å². The molecular weight excluding hydrogens is 118 g/mol. The number of aliphatic carboxylic acids is 1. The fraction of sp³-hybridized carbons (Fsp3) is 0.250. The van der Waals surface area contributed by atoms with Crippen LogP contribution < -0.4 is 0 Å². The van der Waals surface area contributed by atoms with Crippen molar-refractivity contribution < 1.29 is 18.7 Å². The zero-order chi connectivity index (χ0) is 6.57. The van der Waals surface area contributed by atoms with Gasteiger partial charge in [-0.25, -0.2) is 13.6 Å². The number of rotatable bonds is 2. The van der Waals surface area contributed by atoms with Crippen LogP contribution in [0.5, 0.6) is 0 Å². The third kappa shape index (κ3) is 5.07. The molecule has 0 spiro atoms. The van der Waals surface area contributed by atoms with Crippen molar-refractivity contribution in [2.75, 3.05) is 0 Å². The molecule has 0 aromatic carbocycles. The fourth-order valence-corrected chi connectivity index (χ4v) is 0.155. The van der Waals surface area contributed by atoms with E-state index in [4.69, 9.17) is 5.11 Å². The van der Waals surface area contributed by atoms with Crippen LogP contribution in [0.1, 0.15) is 0 Å². The van der Waals surface area contributed by atoms with E-state index in [-0.39, 0.29) is 0 Å². The van der Waals surface area contributed by atoms with Crippen LogP contribution in [0.15, 0.2) is 12.2 Å². The SMILES string of the molecule is O=C(O)/C=C/C(F)F. The highest BCUT2D eigenvalue weighted by Crippen LogP contribution is 1.91. The number of halogens is 2. The highest BCUT2D eigenvalue weighted by molar-refractivity contribution is 5.79. The van der Waals surface area contributed by atoms with Gasteiger partial charge in [0.15, 0.2) is 0 Å². The minimum Gasteiger partial charge on any atom is -0.478 e. The smallest absolute Gasteiger partial charge is 0.328 e. The summed E-state index contributed by atoms with van der Waals surface area (Å²) in [5.41, 5.74) is 0. The topological polar surface area (TPSA) is 37.3 Å². The molecule has 0 saturated heterocycles. The van der Waals surface area contributed by atoms with Crippen molar-refractivity contribution in [3.05, 3.63) is 12.2 Å². The van der Waals surface area contributed by atoms with E-state index in [0.29, 0.717) is 12.2 Å². The van der Waals surface area contributed by atoms with E-state index < -0.39 is 12.4 Å². The normalized spacial score (nSPS) is 10.9. The average molecular weight is 122 g/mol. The van der Waals surface area contributed by atoms with Gasteiger partial charge in [-0.3, -0.25) is 0 Å². The van der Waals surface area contributed by atoms with Gasteiger partial charge in [0.05, 0.1) is 0 Å². The van der Waals surface area contributed by atoms with Crippen LogP contribution in [0.3, 0.4) is 0 Å². The standard InChI is InChI=1S/C4H4F2O2/c5-3(6)1-2-4(7)8/h1-3H,(H,7,8)/b2-1+. The number of allylic oxidation sites excluding steroid dienone is 1. The Morgan fingerprint density at radius 1 is 1.62 bits per heavy atom. The minimum absolute atomic E-state index is 0.308. The minimum atomic E-state index is -2.67. The Labute approximate surface area is 44.4 Å². The molecule has 8 heavy (non-hydrogen) atoms. The highest BCUT2D eigenvalue weighted by Gasteiger charge is 1.93. The van der Waals surface area contributed by atoms with E-state index in [9.17, 15) is 13.6 Å². The first kappa shape index (κ1) is 7.07. The molecular formula is C4H4F2O2. The number of hydrogen-bond acceptors (Lipinski definition) is 1. The number of carboxylic acids is 1. The van der Waals surface area contributed by atoms with Gasteiger partial charge in [0.2, 0.25) is 0 Å². The van der Waals surface area contributed by atoms with Crippen molar-refractivity contribution in [3.63, 3.8) is 0 Å². The first-order valence-corrected chi connectivity index (χ1v) is 1.82. The van der Waals surface area contributed by atoms with E-state index in [2.05, 4.69) is 0 Å². The van der Waals surface area contributed by atoms with Crippen LogP contribution >= 0.6 is 0 Å². The maximum absolute atomic E-state index is 11.0. The van der Waals surface area contributed by atoms with Gasteiger partial charge in [-0.2, -0.15) is 0 Å². The van der Waals surface area contributed by atoms with Crippen LogP contribution in [-0.4, -0.2) is 17.5 Å². The molecule has 46 valence electrons. The molecule has 0 radical (unpaired) electrons. The van der Waals surface area contributed by atoms with Gasteiger partial charge in [-0.15, -0.1) is 0 Å². The number of hydrogen-bond donors (Lipinski definition) is 1. The Morgan fingerprint density at radius 3 is 2.25 bits per heavy atom. The molecule has 0 amide bonds. The zero-order valence-electron chi connectivity index (χ0n) is 3.84. The molecule has 1 N–H and O–H groups in total. The lowest BCUT2D eigenvalue weighted by molar-refractivity contribution is -0.131. The Balaban J connectivity index is 3.50. The quantitative estimate of drug-likeness (QED) is 0.552. The average Bonchev–Trinajstić information content (AvgIpc) is 1.61. The van der Waals surface area contributed by atoms with Crippen LogP contribution in [-0.2, 0) is 4.79 Å². The fourth-order valence-electron chi connectivity index (χ4n) is 0.155. The third-order valence-corrected chi connectivity index (χ3v) is 0.384. The van der Waals surface area contributed by atoms with E-state index in [1.54, 1.807) is 0 Å². The molecule has 0 saturated carbocycles. The van der Waals surface area contributed by atoms with Gasteiger partial charge < -0.3 is 5.11 Å². The lowest BCUT2D eigenvalue weighted by Crippen LogP contribution is -1.89. The number of carbonyl (C=O) groups is 1. The summed E-state index contributed by atoms with van der Waals surface area (Å²) in [6.45, 7) is 0. The van der Waals surface area contributed by atoms with Crippen molar-refractivity contribution in [2.45, 2.75) is 6.43 Å². The maximum atomic E-state index is 11.0. The summed E-state index contributed by atoms with van der Waals surface area (Å²) in [6.07, 6.45) is -1.96. The molecule has 0 aromatic heterocycles. The lowest BCUT2D eigenvalue weighted by Gasteiger charge is -1.80. The molecule has 0 bridgehead atoms. The first-order chi connectivity index (χ1) is 3.63. The van der Waals surface area contributed by atoms with Crippen LogP contribution in [0.25, 0.3) is 0 Å².